The van der Waals surface area contributed by atoms with Crippen molar-refractivity contribution >= 4 is 29.3 Å². The molecule has 1 atom stereocenters. The highest BCUT2D eigenvalue weighted by atomic mass is 32.2. The SMILES string of the molecule is CCOC(=O)C(N)C(=O)Nc1ccccc1SC. The minimum absolute atomic E-state index is 0.196. The average molecular weight is 268 g/mol. The number of thioether (sulfide) groups is 1. The van der Waals surface area contributed by atoms with Crippen LogP contribution in [0.2, 0.25) is 0 Å². The minimum Gasteiger partial charge on any atom is -0.464 e. The van der Waals surface area contributed by atoms with E-state index in [1.54, 1.807) is 19.1 Å². The number of carbonyl (C=O) groups is 2. The van der Waals surface area contributed by atoms with Gasteiger partial charge in [-0.25, -0.2) is 4.79 Å². The molecule has 1 aromatic carbocycles. The molecule has 0 fully saturated rings. The van der Waals surface area contributed by atoms with Crippen LogP contribution in [0.15, 0.2) is 29.2 Å². The van der Waals surface area contributed by atoms with E-state index in [-0.39, 0.29) is 6.61 Å². The van der Waals surface area contributed by atoms with Gasteiger partial charge in [-0.3, -0.25) is 4.79 Å². The smallest absolute Gasteiger partial charge is 0.332 e. The Morgan fingerprint density at radius 3 is 2.72 bits per heavy atom. The highest BCUT2D eigenvalue weighted by Gasteiger charge is 2.23. The van der Waals surface area contributed by atoms with Crippen LogP contribution >= 0.6 is 11.8 Å². The lowest BCUT2D eigenvalue weighted by Crippen LogP contribution is -2.43. The van der Waals surface area contributed by atoms with Crippen LogP contribution in [-0.4, -0.2) is 30.8 Å². The highest BCUT2D eigenvalue weighted by molar-refractivity contribution is 7.98. The van der Waals surface area contributed by atoms with E-state index in [1.807, 2.05) is 18.4 Å². The van der Waals surface area contributed by atoms with Gasteiger partial charge in [-0.1, -0.05) is 12.1 Å². The van der Waals surface area contributed by atoms with E-state index in [1.165, 1.54) is 11.8 Å². The maximum atomic E-state index is 11.8. The number of hydrogen-bond acceptors (Lipinski definition) is 5. The molecule has 6 heteroatoms. The predicted molar refractivity (Wildman–Crippen MR) is 71.5 cm³/mol. The number of carbonyl (C=O) groups excluding carboxylic acids is 2. The Morgan fingerprint density at radius 1 is 1.44 bits per heavy atom. The van der Waals surface area contributed by atoms with Crippen molar-refractivity contribution in [1.29, 1.82) is 0 Å². The molecule has 1 unspecified atom stereocenters. The van der Waals surface area contributed by atoms with Gasteiger partial charge in [0.15, 0.2) is 6.04 Å². The molecule has 0 saturated carbocycles. The Morgan fingerprint density at radius 2 is 2.11 bits per heavy atom. The number of ether oxygens (including phenoxy) is 1. The summed E-state index contributed by atoms with van der Waals surface area (Å²) in [6, 6.07) is 5.98. The number of para-hydroxylation sites is 1. The second kappa shape index (κ2) is 7.03. The Hall–Kier alpha value is -1.53. The Bertz CT molecular complexity index is 437. The van der Waals surface area contributed by atoms with E-state index >= 15 is 0 Å². The summed E-state index contributed by atoms with van der Waals surface area (Å²) in [6.45, 7) is 1.85. The van der Waals surface area contributed by atoms with Gasteiger partial charge in [0, 0.05) is 4.90 Å². The van der Waals surface area contributed by atoms with Gasteiger partial charge < -0.3 is 15.8 Å². The van der Waals surface area contributed by atoms with Gasteiger partial charge in [0.05, 0.1) is 12.3 Å². The normalized spacial score (nSPS) is 11.7. The maximum Gasteiger partial charge on any atom is 0.332 e. The number of anilines is 1. The van der Waals surface area contributed by atoms with Crippen LogP contribution in [0.25, 0.3) is 0 Å². The van der Waals surface area contributed by atoms with Crippen LogP contribution < -0.4 is 11.1 Å². The second-order valence-electron chi connectivity index (χ2n) is 3.42. The lowest BCUT2D eigenvalue weighted by Gasteiger charge is -2.13. The number of hydrogen-bond donors (Lipinski definition) is 2. The van der Waals surface area contributed by atoms with Crippen molar-refractivity contribution in [2.45, 2.75) is 17.9 Å². The molecule has 0 aromatic heterocycles. The topological polar surface area (TPSA) is 81.4 Å². The molecule has 3 N–H and O–H groups in total. The standard InChI is InChI=1S/C12H16N2O3S/c1-3-17-12(16)10(13)11(15)14-8-6-4-5-7-9(8)18-2/h4-7,10H,3,13H2,1-2H3,(H,14,15). The lowest BCUT2D eigenvalue weighted by molar-refractivity contribution is -0.146. The highest BCUT2D eigenvalue weighted by Crippen LogP contribution is 2.24. The Balaban J connectivity index is 2.72. The van der Waals surface area contributed by atoms with Crippen LogP contribution in [0, 0.1) is 0 Å². The quantitative estimate of drug-likeness (QED) is 0.477. The van der Waals surface area contributed by atoms with E-state index in [2.05, 4.69) is 10.1 Å². The molecule has 0 saturated heterocycles. The summed E-state index contributed by atoms with van der Waals surface area (Å²) in [5.41, 5.74) is 6.13. The average Bonchev–Trinajstić information content (AvgIpc) is 2.38. The van der Waals surface area contributed by atoms with Crippen molar-refractivity contribution in [1.82, 2.24) is 0 Å². The van der Waals surface area contributed by atoms with E-state index in [0.29, 0.717) is 5.69 Å². The molecule has 1 aromatic rings. The molecule has 98 valence electrons. The molecule has 0 aliphatic rings. The van der Waals surface area contributed by atoms with Gasteiger partial charge in [0.2, 0.25) is 0 Å². The van der Waals surface area contributed by atoms with Gasteiger partial charge >= 0.3 is 5.97 Å². The van der Waals surface area contributed by atoms with Crippen molar-refractivity contribution in [2.24, 2.45) is 5.73 Å². The molecule has 5 nitrogen and oxygen atoms in total. The molecule has 0 aliphatic carbocycles. The van der Waals surface area contributed by atoms with E-state index in [9.17, 15) is 9.59 Å². The molecule has 1 rings (SSSR count). The fourth-order valence-electron chi connectivity index (χ4n) is 1.30. The molecule has 0 spiro atoms. The van der Waals surface area contributed by atoms with Crippen LogP contribution in [-0.2, 0) is 14.3 Å². The van der Waals surface area contributed by atoms with Crippen molar-refractivity contribution in [3.63, 3.8) is 0 Å². The molecule has 0 aliphatic heterocycles. The zero-order valence-corrected chi connectivity index (χ0v) is 11.1. The summed E-state index contributed by atoms with van der Waals surface area (Å²) in [5.74, 6) is -1.30. The number of esters is 1. The summed E-state index contributed by atoms with van der Waals surface area (Å²) in [7, 11) is 0. The van der Waals surface area contributed by atoms with Gasteiger partial charge in [0.1, 0.15) is 0 Å². The van der Waals surface area contributed by atoms with E-state index in [0.717, 1.165) is 4.90 Å². The first-order valence-corrected chi connectivity index (χ1v) is 6.68. The molecule has 18 heavy (non-hydrogen) atoms. The van der Waals surface area contributed by atoms with Gasteiger partial charge in [-0.05, 0) is 25.3 Å². The first kappa shape index (κ1) is 14.5. The maximum absolute atomic E-state index is 11.8. The first-order valence-electron chi connectivity index (χ1n) is 5.46. The molecular weight excluding hydrogens is 252 g/mol. The second-order valence-corrected chi connectivity index (χ2v) is 4.27. The summed E-state index contributed by atoms with van der Waals surface area (Å²) >= 11 is 1.50. The third-order valence-corrected chi connectivity index (χ3v) is 2.98. The van der Waals surface area contributed by atoms with Crippen LogP contribution in [0.3, 0.4) is 0 Å². The fraction of sp³-hybridized carbons (Fsp3) is 0.333. The molecule has 0 heterocycles. The summed E-state index contributed by atoms with van der Waals surface area (Å²) in [6.07, 6.45) is 1.90. The third kappa shape index (κ3) is 3.75. The lowest BCUT2D eigenvalue weighted by atomic mass is 10.2. The van der Waals surface area contributed by atoms with Crippen LogP contribution in [0.5, 0.6) is 0 Å². The number of nitrogens with one attached hydrogen (secondary N) is 1. The number of benzene rings is 1. The zero-order chi connectivity index (χ0) is 13.5. The molecular formula is C12H16N2O3S. The van der Waals surface area contributed by atoms with Gasteiger partial charge in [0.25, 0.3) is 5.91 Å². The first-order chi connectivity index (χ1) is 8.60. The minimum atomic E-state index is -1.31. The largest absolute Gasteiger partial charge is 0.464 e. The predicted octanol–water partition coefficient (Wildman–Crippen LogP) is 1.24. The number of nitrogens with two attached hydrogens (primary N) is 1. The van der Waals surface area contributed by atoms with Crippen molar-refractivity contribution in [3.05, 3.63) is 24.3 Å². The van der Waals surface area contributed by atoms with Crippen molar-refractivity contribution < 1.29 is 14.3 Å². The summed E-state index contributed by atoms with van der Waals surface area (Å²) in [4.78, 5) is 24.0. The van der Waals surface area contributed by atoms with Gasteiger partial charge in [-0.2, -0.15) is 0 Å². The third-order valence-electron chi connectivity index (χ3n) is 2.19. The number of amides is 1. The molecule has 0 bridgehead atoms. The summed E-state index contributed by atoms with van der Waals surface area (Å²) < 4.78 is 4.69. The van der Waals surface area contributed by atoms with Crippen molar-refractivity contribution in [3.8, 4) is 0 Å². The van der Waals surface area contributed by atoms with Crippen molar-refractivity contribution in [2.75, 3.05) is 18.2 Å². The molecule has 0 radical (unpaired) electrons. The van der Waals surface area contributed by atoms with Crippen LogP contribution in [0.1, 0.15) is 6.92 Å². The van der Waals surface area contributed by atoms with Gasteiger partial charge in [-0.15, -0.1) is 11.8 Å². The zero-order valence-electron chi connectivity index (χ0n) is 10.3. The van der Waals surface area contributed by atoms with E-state index < -0.39 is 17.9 Å². The Labute approximate surface area is 110 Å². The fourth-order valence-corrected chi connectivity index (χ4v) is 1.85. The number of rotatable bonds is 5. The summed E-state index contributed by atoms with van der Waals surface area (Å²) in [5, 5.41) is 2.61. The Kier molecular flexibility index (Phi) is 5.67. The van der Waals surface area contributed by atoms with E-state index in [4.69, 9.17) is 5.73 Å². The monoisotopic (exact) mass is 268 g/mol. The van der Waals surface area contributed by atoms with Crippen LogP contribution in [0.4, 0.5) is 5.69 Å². The molecule has 1 amide bonds.